The molecule has 0 saturated heterocycles. The molecule has 2 rings (SSSR count). The number of aryl methyl sites for hydroxylation is 1. The van der Waals surface area contributed by atoms with Gasteiger partial charge < -0.3 is 5.73 Å². The second kappa shape index (κ2) is 5.12. The van der Waals surface area contributed by atoms with Crippen LogP contribution in [0.25, 0.3) is 0 Å². The van der Waals surface area contributed by atoms with Crippen molar-refractivity contribution in [2.75, 3.05) is 0 Å². The minimum Gasteiger partial charge on any atom is -0.320 e. The lowest BCUT2D eigenvalue weighted by molar-refractivity contribution is 0.602. The van der Waals surface area contributed by atoms with Crippen molar-refractivity contribution >= 4 is 27.3 Å². The molecular weight excluding hydrogens is 286 g/mol. The molecule has 0 aliphatic heterocycles. The van der Waals surface area contributed by atoms with Crippen LogP contribution in [0.3, 0.4) is 0 Å². The Morgan fingerprint density at radius 3 is 3.00 bits per heavy atom. The van der Waals surface area contributed by atoms with Gasteiger partial charge in [-0.25, -0.2) is 0 Å². The summed E-state index contributed by atoms with van der Waals surface area (Å²) in [5.74, 6) is 0. The van der Waals surface area contributed by atoms with Crippen molar-refractivity contribution in [3.05, 3.63) is 38.8 Å². The Hall–Kier alpha value is -0.650. The van der Waals surface area contributed by atoms with E-state index < -0.39 is 0 Å². The van der Waals surface area contributed by atoms with Crippen LogP contribution in [-0.4, -0.2) is 9.78 Å². The van der Waals surface area contributed by atoms with Gasteiger partial charge in [0.05, 0.1) is 16.0 Å². The van der Waals surface area contributed by atoms with Gasteiger partial charge in [-0.3, -0.25) is 4.68 Å². The Balaban J connectivity index is 2.17. The third-order valence-corrected chi connectivity index (χ3v) is 4.07. The minimum absolute atomic E-state index is 0.0677. The molecule has 1 unspecified atom stereocenters. The highest BCUT2D eigenvalue weighted by molar-refractivity contribution is 9.11. The zero-order valence-electron chi connectivity index (χ0n) is 9.06. The van der Waals surface area contributed by atoms with Gasteiger partial charge in [0.25, 0.3) is 0 Å². The van der Waals surface area contributed by atoms with Crippen LogP contribution in [0.1, 0.15) is 29.8 Å². The number of rotatable bonds is 4. The number of nitrogens with two attached hydrogens (primary N) is 1. The van der Waals surface area contributed by atoms with Crippen LogP contribution in [0.4, 0.5) is 0 Å². The molecule has 0 radical (unpaired) electrons. The maximum absolute atomic E-state index is 6.18. The molecule has 2 aromatic rings. The molecule has 0 spiro atoms. The quantitative estimate of drug-likeness (QED) is 0.942. The summed E-state index contributed by atoms with van der Waals surface area (Å²) in [6.07, 6.45) is 4.97. The van der Waals surface area contributed by atoms with E-state index in [1.54, 1.807) is 11.3 Å². The van der Waals surface area contributed by atoms with Crippen LogP contribution in [0, 0.1) is 0 Å². The van der Waals surface area contributed by atoms with Gasteiger partial charge in [0.2, 0.25) is 0 Å². The lowest BCUT2D eigenvalue weighted by Crippen LogP contribution is -2.09. The average molecular weight is 300 g/mol. The summed E-state index contributed by atoms with van der Waals surface area (Å²) in [6.45, 7) is 3.08. The van der Waals surface area contributed by atoms with Crippen LogP contribution in [-0.2, 0) is 6.54 Å². The number of aromatic nitrogens is 2. The first kappa shape index (κ1) is 11.8. The first-order chi connectivity index (χ1) is 7.70. The van der Waals surface area contributed by atoms with Gasteiger partial charge in [-0.1, -0.05) is 6.92 Å². The molecule has 1 atom stereocenters. The molecule has 0 saturated carbocycles. The van der Waals surface area contributed by atoms with Crippen molar-refractivity contribution in [1.29, 1.82) is 0 Å². The zero-order valence-corrected chi connectivity index (χ0v) is 11.5. The first-order valence-corrected chi connectivity index (χ1v) is 6.85. The molecule has 2 heterocycles. The fourth-order valence-electron chi connectivity index (χ4n) is 1.55. The maximum atomic E-state index is 6.18. The lowest BCUT2D eigenvalue weighted by Gasteiger charge is -2.05. The highest BCUT2D eigenvalue weighted by Gasteiger charge is 2.12. The summed E-state index contributed by atoms with van der Waals surface area (Å²) in [7, 11) is 0. The summed E-state index contributed by atoms with van der Waals surface area (Å²) in [5, 5.41) is 4.29. The topological polar surface area (TPSA) is 43.8 Å². The molecule has 16 heavy (non-hydrogen) atoms. The highest BCUT2D eigenvalue weighted by Crippen LogP contribution is 2.29. The van der Waals surface area contributed by atoms with Crippen LogP contribution >= 0.6 is 27.3 Å². The van der Waals surface area contributed by atoms with Crippen molar-refractivity contribution < 1.29 is 0 Å². The van der Waals surface area contributed by atoms with Crippen molar-refractivity contribution in [2.45, 2.75) is 25.9 Å². The van der Waals surface area contributed by atoms with E-state index in [9.17, 15) is 0 Å². The predicted octanol–water partition coefficient (Wildman–Crippen LogP) is 3.17. The molecule has 0 aliphatic carbocycles. The predicted molar refractivity (Wildman–Crippen MR) is 70.6 cm³/mol. The Kier molecular flexibility index (Phi) is 3.78. The smallest absolute Gasteiger partial charge is 0.0702 e. The number of hydrogen-bond acceptors (Lipinski definition) is 3. The second-order valence-electron chi connectivity index (χ2n) is 3.66. The fraction of sp³-hybridized carbons (Fsp3) is 0.364. The number of hydrogen-bond donors (Lipinski definition) is 1. The van der Waals surface area contributed by atoms with E-state index in [1.807, 2.05) is 23.1 Å². The Labute approximate surface area is 107 Å². The molecule has 3 nitrogen and oxygen atoms in total. The van der Waals surface area contributed by atoms with Crippen molar-refractivity contribution in [3.8, 4) is 0 Å². The van der Waals surface area contributed by atoms with Crippen LogP contribution in [0.5, 0.6) is 0 Å². The monoisotopic (exact) mass is 299 g/mol. The summed E-state index contributed by atoms with van der Waals surface area (Å²) < 4.78 is 3.05. The van der Waals surface area contributed by atoms with E-state index in [0.29, 0.717) is 0 Å². The zero-order chi connectivity index (χ0) is 11.5. The Morgan fingerprint density at radius 2 is 2.38 bits per heavy atom. The van der Waals surface area contributed by atoms with Crippen molar-refractivity contribution in [2.24, 2.45) is 5.73 Å². The summed E-state index contributed by atoms with van der Waals surface area (Å²) in [5.41, 5.74) is 7.25. The van der Waals surface area contributed by atoms with Crippen LogP contribution in [0.15, 0.2) is 28.3 Å². The average Bonchev–Trinajstić information content (AvgIpc) is 2.87. The molecule has 86 valence electrons. The molecule has 0 fully saturated rings. The highest BCUT2D eigenvalue weighted by atomic mass is 79.9. The molecule has 0 aromatic carbocycles. The number of thiophene rings is 1. The minimum atomic E-state index is -0.0677. The lowest BCUT2D eigenvalue weighted by atomic mass is 10.1. The largest absolute Gasteiger partial charge is 0.320 e. The normalized spacial score (nSPS) is 12.9. The summed E-state index contributed by atoms with van der Waals surface area (Å²) in [4.78, 5) is 1.16. The molecule has 0 bridgehead atoms. The van der Waals surface area contributed by atoms with Gasteiger partial charge in [-0.05, 0) is 34.5 Å². The van der Waals surface area contributed by atoms with E-state index in [0.717, 1.165) is 27.2 Å². The van der Waals surface area contributed by atoms with Gasteiger partial charge in [-0.15, -0.1) is 11.3 Å². The SMILES string of the molecule is CCCn1cc(C(N)c2ccc(Br)s2)cn1. The third kappa shape index (κ3) is 2.53. The van der Waals surface area contributed by atoms with E-state index in [-0.39, 0.29) is 6.04 Å². The molecular formula is C11H14BrN3S. The van der Waals surface area contributed by atoms with Gasteiger partial charge in [0, 0.05) is 23.2 Å². The summed E-state index contributed by atoms with van der Waals surface area (Å²) in [6, 6.07) is 4.01. The maximum Gasteiger partial charge on any atom is 0.0702 e. The van der Waals surface area contributed by atoms with Crippen molar-refractivity contribution in [3.63, 3.8) is 0 Å². The van der Waals surface area contributed by atoms with Gasteiger partial charge in [-0.2, -0.15) is 5.10 Å². The fourth-order valence-corrected chi connectivity index (χ4v) is 3.00. The van der Waals surface area contributed by atoms with Crippen LogP contribution in [0.2, 0.25) is 0 Å². The van der Waals surface area contributed by atoms with E-state index in [4.69, 9.17) is 5.73 Å². The Morgan fingerprint density at radius 1 is 1.56 bits per heavy atom. The van der Waals surface area contributed by atoms with Gasteiger partial charge >= 0.3 is 0 Å². The van der Waals surface area contributed by atoms with Gasteiger partial charge in [0.1, 0.15) is 0 Å². The van der Waals surface area contributed by atoms with E-state index >= 15 is 0 Å². The second-order valence-corrected chi connectivity index (χ2v) is 6.15. The molecule has 0 amide bonds. The van der Waals surface area contributed by atoms with Crippen molar-refractivity contribution in [1.82, 2.24) is 9.78 Å². The molecule has 0 aliphatic rings. The van der Waals surface area contributed by atoms with E-state index in [1.165, 1.54) is 0 Å². The molecule has 2 aromatic heterocycles. The van der Waals surface area contributed by atoms with Gasteiger partial charge in [0.15, 0.2) is 0 Å². The van der Waals surface area contributed by atoms with E-state index in [2.05, 4.69) is 34.0 Å². The number of nitrogens with zero attached hydrogens (tertiary/aromatic N) is 2. The summed E-state index contributed by atoms with van der Waals surface area (Å²) >= 11 is 5.11. The molecule has 2 N–H and O–H groups in total. The Bertz CT molecular complexity index is 463. The standard InChI is InChI=1S/C11H14BrN3S/c1-2-5-15-7-8(6-14-15)11(13)9-3-4-10(12)16-9/h3-4,6-7,11H,2,5,13H2,1H3. The molecule has 5 heteroatoms. The van der Waals surface area contributed by atoms with Crippen LogP contribution < -0.4 is 5.73 Å². The third-order valence-electron chi connectivity index (χ3n) is 2.37. The first-order valence-electron chi connectivity index (χ1n) is 5.24. The number of halogens is 1.